The molecule has 0 bridgehead atoms. The van der Waals surface area contributed by atoms with Gasteiger partial charge in [0.05, 0.1) is 12.2 Å². The second-order valence-electron chi connectivity index (χ2n) is 7.38. The van der Waals surface area contributed by atoms with Gasteiger partial charge in [-0.05, 0) is 50.6 Å². The summed E-state index contributed by atoms with van der Waals surface area (Å²) in [6.07, 6.45) is 6.13. The first kappa shape index (κ1) is 18.7. The lowest BCUT2D eigenvalue weighted by Crippen LogP contribution is -2.42. The average molecular weight is 358 g/mol. The lowest BCUT2D eigenvalue weighted by molar-refractivity contribution is 0.411. The van der Waals surface area contributed by atoms with E-state index in [-0.39, 0.29) is 6.04 Å². The fourth-order valence-corrected chi connectivity index (χ4v) is 3.61. The molecule has 0 spiro atoms. The van der Waals surface area contributed by atoms with Crippen molar-refractivity contribution >= 4 is 17.3 Å². The van der Waals surface area contributed by atoms with Gasteiger partial charge in [-0.1, -0.05) is 6.08 Å². The van der Waals surface area contributed by atoms with E-state index in [0.717, 1.165) is 56.4 Å². The van der Waals surface area contributed by atoms with E-state index in [1.165, 1.54) is 5.57 Å². The molecule has 7 nitrogen and oxygen atoms in total. The van der Waals surface area contributed by atoms with Crippen LogP contribution in [-0.4, -0.2) is 68.6 Å². The zero-order valence-corrected chi connectivity index (χ0v) is 15.9. The van der Waals surface area contributed by atoms with Gasteiger partial charge in [-0.3, -0.25) is 4.99 Å². The van der Waals surface area contributed by atoms with Crippen molar-refractivity contribution in [2.45, 2.75) is 18.9 Å². The van der Waals surface area contributed by atoms with Crippen molar-refractivity contribution in [2.75, 3.05) is 57.5 Å². The van der Waals surface area contributed by atoms with Crippen LogP contribution in [0.15, 0.2) is 35.0 Å². The van der Waals surface area contributed by atoms with Crippen LogP contribution in [0.25, 0.3) is 0 Å². The van der Waals surface area contributed by atoms with Crippen LogP contribution in [0.1, 0.15) is 12.8 Å². The van der Waals surface area contributed by atoms with Crippen LogP contribution in [0, 0.1) is 5.92 Å². The molecule has 1 fully saturated rings. The number of hydrogen-bond acceptors (Lipinski definition) is 7. The van der Waals surface area contributed by atoms with Gasteiger partial charge in [-0.25, -0.2) is 4.98 Å². The Morgan fingerprint density at radius 2 is 2.08 bits per heavy atom. The zero-order chi connectivity index (χ0) is 18.5. The molecule has 1 aromatic heterocycles. The molecule has 2 aliphatic rings. The lowest BCUT2D eigenvalue weighted by atomic mass is 9.86. The Hall–Kier alpha value is -2.12. The van der Waals surface area contributed by atoms with Gasteiger partial charge in [0.25, 0.3) is 0 Å². The van der Waals surface area contributed by atoms with Crippen molar-refractivity contribution in [2.24, 2.45) is 16.6 Å². The fraction of sp³-hybridized carbons (Fsp3) is 0.579. The number of dihydropyridines is 1. The number of nitrogens with two attached hydrogens (primary N) is 2. The summed E-state index contributed by atoms with van der Waals surface area (Å²) in [6.45, 7) is 4.43. The lowest BCUT2D eigenvalue weighted by Gasteiger charge is -2.36. The highest BCUT2D eigenvalue weighted by Crippen LogP contribution is 2.30. The molecule has 7 heteroatoms. The first-order valence-electron chi connectivity index (χ1n) is 9.40. The van der Waals surface area contributed by atoms with Crippen LogP contribution in [-0.2, 0) is 0 Å². The Morgan fingerprint density at radius 1 is 1.31 bits per heavy atom. The SMILES string of the molecule is CN(C)CCNC1=NCC(N)C=C1C1CCN(c2ncccc2N)CC1. The highest BCUT2D eigenvalue weighted by atomic mass is 15.2. The molecular weight excluding hydrogens is 326 g/mol. The van der Waals surface area contributed by atoms with Gasteiger partial charge in [-0.15, -0.1) is 0 Å². The predicted octanol–water partition coefficient (Wildman–Crippen LogP) is 0.697. The van der Waals surface area contributed by atoms with Gasteiger partial charge in [-0.2, -0.15) is 0 Å². The van der Waals surface area contributed by atoms with E-state index in [4.69, 9.17) is 16.5 Å². The first-order chi connectivity index (χ1) is 12.5. The number of likely N-dealkylation sites (N-methyl/N-ethyl adjacent to an activating group) is 1. The summed E-state index contributed by atoms with van der Waals surface area (Å²) in [5.41, 5.74) is 14.3. The molecule has 26 heavy (non-hydrogen) atoms. The number of nitrogens with one attached hydrogen (secondary N) is 1. The third-order valence-electron chi connectivity index (χ3n) is 5.03. The molecule has 1 unspecified atom stereocenters. The Labute approximate surface area is 156 Å². The Kier molecular flexibility index (Phi) is 6.11. The molecule has 1 aromatic rings. The number of rotatable bonds is 5. The smallest absolute Gasteiger partial charge is 0.151 e. The summed E-state index contributed by atoms with van der Waals surface area (Å²) in [4.78, 5) is 13.6. The van der Waals surface area contributed by atoms with Gasteiger partial charge in [0.2, 0.25) is 0 Å². The predicted molar refractivity (Wildman–Crippen MR) is 109 cm³/mol. The third kappa shape index (κ3) is 4.53. The van der Waals surface area contributed by atoms with Crippen molar-refractivity contribution in [3.8, 4) is 0 Å². The van der Waals surface area contributed by atoms with E-state index in [1.807, 2.05) is 12.1 Å². The molecule has 0 aliphatic carbocycles. The van der Waals surface area contributed by atoms with Crippen LogP contribution in [0.5, 0.6) is 0 Å². The molecular formula is C19H31N7. The number of hydrogen-bond donors (Lipinski definition) is 3. The van der Waals surface area contributed by atoms with Crippen molar-refractivity contribution in [1.29, 1.82) is 0 Å². The molecule has 1 atom stereocenters. The Morgan fingerprint density at radius 3 is 2.77 bits per heavy atom. The zero-order valence-electron chi connectivity index (χ0n) is 15.9. The molecule has 0 saturated carbocycles. The molecule has 5 N–H and O–H groups in total. The van der Waals surface area contributed by atoms with E-state index in [2.05, 4.69) is 40.3 Å². The Balaban J connectivity index is 1.63. The summed E-state index contributed by atoms with van der Waals surface area (Å²) in [5, 5.41) is 3.51. The van der Waals surface area contributed by atoms with Crippen LogP contribution < -0.4 is 21.7 Å². The maximum atomic E-state index is 6.15. The normalized spacial score (nSPS) is 21.5. The van der Waals surface area contributed by atoms with Crippen LogP contribution in [0.2, 0.25) is 0 Å². The largest absolute Gasteiger partial charge is 0.396 e. The number of amidine groups is 1. The van der Waals surface area contributed by atoms with Gasteiger partial charge >= 0.3 is 0 Å². The van der Waals surface area contributed by atoms with Gasteiger partial charge in [0.1, 0.15) is 5.84 Å². The molecule has 3 heterocycles. The second-order valence-corrected chi connectivity index (χ2v) is 7.38. The number of nitrogen functional groups attached to an aromatic ring is 1. The van der Waals surface area contributed by atoms with Crippen molar-refractivity contribution in [1.82, 2.24) is 15.2 Å². The number of anilines is 2. The minimum Gasteiger partial charge on any atom is -0.396 e. The topological polar surface area (TPSA) is 95.8 Å². The quantitative estimate of drug-likeness (QED) is 0.718. The van der Waals surface area contributed by atoms with Crippen LogP contribution in [0.3, 0.4) is 0 Å². The number of piperidine rings is 1. The molecule has 0 amide bonds. The van der Waals surface area contributed by atoms with Gasteiger partial charge in [0, 0.05) is 38.4 Å². The maximum Gasteiger partial charge on any atom is 0.151 e. The highest BCUT2D eigenvalue weighted by Gasteiger charge is 2.28. The minimum absolute atomic E-state index is 0.0221. The number of nitrogens with zero attached hydrogens (tertiary/aromatic N) is 4. The summed E-state index contributed by atoms with van der Waals surface area (Å²) in [7, 11) is 4.16. The molecule has 1 saturated heterocycles. The van der Waals surface area contributed by atoms with E-state index in [0.29, 0.717) is 12.5 Å². The van der Waals surface area contributed by atoms with Crippen molar-refractivity contribution < 1.29 is 0 Å². The summed E-state index contributed by atoms with van der Waals surface area (Å²) < 4.78 is 0. The van der Waals surface area contributed by atoms with Crippen molar-refractivity contribution in [3.63, 3.8) is 0 Å². The third-order valence-corrected chi connectivity index (χ3v) is 5.03. The monoisotopic (exact) mass is 357 g/mol. The standard InChI is InChI=1S/C19H31N7/c1-25(2)11-8-22-18-16(12-15(20)13-24-18)14-5-9-26(10-6-14)19-17(21)4-3-7-23-19/h3-4,7,12,14-15H,5-6,8-11,13,20-21H2,1-2H3,(H,22,24). The maximum absolute atomic E-state index is 6.15. The van der Waals surface area contributed by atoms with Crippen LogP contribution >= 0.6 is 0 Å². The first-order valence-corrected chi connectivity index (χ1v) is 9.40. The summed E-state index contributed by atoms with van der Waals surface area (Å²) >= 11 is 0. The van der Waals surface area contributed by atoms with Crippen LogP contribution in [0.4, 0.5) is 11.5 Å². The average Bonchev–Trinajstić information content (AvgIpc) is 2.63. The molecule has 142 valence electrons. The minimum atomic E-state index is 0.0221. The summed E-state index contributed by atoms with van der Waals surface area (Å²) in [6, 6.07) is 3.81. The second kappa shape index (κ2) is 8.51. The molecule has 3 rings (SSSR count). The number of aliphatic imine (C=N–C) groups is 1. The van der Waals surface area contributed by atoms with Gasteiger partial charge < -0.3 is 26.6 Å². The number of aromatic nitrogens is 1. The van der Waals surface area contributed by atoms with E-state index < -0.39 is 0 Å². The van der Waals surface area contributed by atoms with Crippen molar-refractivity contribution in [3.05, 3.63) is 30.0 Å². The van der Waals surface area contributed by atoms with Gasteiger partial charge in [0.15, 0.2) is 5.82 Å². The Bertz CT molecular complexity index is 660. The molecule has 0 aromatic carbocycles. The highest BCUT2D eigenvalue weighted by molar-refractivity contribution is 5.99. The number of pyridine rings is 1. The van der Waals surface area contributed by atoms with E-state index >= 15 is 0 Å². The summed E-state index contributed by atoms with van der Waals surface area (Å²) in [5.74, 6) is 2.41. The fourth-order valence-electron chi connectivity index (χ4n) is 3.61. The molecule has 0 radical (unpaired) electrons. The van der Waals surface area contributed by atoms with E-state index in [1.54, 1.807) is 6.20 Å². The van der Waals surface area contributed by atoms with E-state index in [9.17, 15) is 0 Å². The molecule has 2 aliphatic heterocycles.